The van der Waals surface area contributed by atoms with Gasteiger partial charge in [0, 0.05) is 24.9 Å². The molecule has 0 aromatic heterocycles. The summed E-state index contributed by atoms with van der Waals surface area (Å²) in [4.78, 5) is 11.4. The molecule has 0 aromatic rings. The molecule has 94 valence electrons. The summed E-state index contributed by atoms with van der Waals surface area (Å²) in [5.41, 5.74) is -0.596. The van der Waals surface area contributed by atoms with Gasteiger partial charge in [-0.15, -0.1) is 0 Å². The van der Waals surface area contributed by atoms with Crippen LogP contribution in [0.2, 0.25) is 0 Å². The Bertz CT molecular complexity index is 390. The summed E-state index contributed by atoms with van der Waals surface area (Å²) in [6, 6.07) is 0. The van der Waals surface area contributed by atoms with Gasteiger partial charge in [0.1, 0.15) is 5.78 Å². The Morgan fingerprint density at radius 3 is 2.12 bits per heavy atom. The Morgan fingerprint density at radius 2 is 1.75 bits per heavy atom. The third kappa shape index (κ3) is 2.30. The molecule has 5 heteroatoms. The van der Waals surface area contributed by atoms with Crippen LogP contribution in [0, 0.1) is 0 Å². The third-order valence-electron chi connectivity index (χ3n) is 2.96. The quantitative estimate of drug-likeness (QED) is 0.706. The molecular formula is C11H21NO3S. The molecule has 4 nitrogen and oxygen atoms in total. The van der Waals surface area contributed by atoms with Gasteiger partial charge in [0.25, 0.3) is 0 Å². The van der Waals surface area contributed by atoms with Crippen LogP contribution in [-0.2, 0) is 14.8 Å². The van der Waals surface area contributed by atoms with Gasteiger partial charge in [0.15, 0.2) is 0 Å². The Labute approximate surface area is 98.1 Å². The van der Waals surface area contributed by atoms with E-state index in [0.717, 1.165) is 0 Å². The fraction of sp³-hybridized carbons (Fsp3) is 0.909. The average molecular weight is 247 g/mol. The zero-order valence-corrected chi connectivity index (χ0v) is 11.5. The second-order valence-corrected chi connectivity index (χ2v) is 8.58. The highest BCUT2D eigenvalue weighted by molar-refractivity contribution is 7.90. The lowest BCUT2D eigenvalue weighted by molar-refractivity contribution is -0.123. The number of nitrogens with zero attached hydrogens (tertiary/aromatic N) is 1. The summed E-state index contributed by atoms with van der Waals surface area (Å²) in [6.07, 6.45) is 0.640. The lowest BCUT2D eigenvalue weighted by Gasteiger charge is -2.43. The van der Waals surface area contributed by atoms with Gasteiger partial charge < -0.3 is 0 Å². The van der Waals surface area contributed by atoms with E-state index in [2.05, 4.69) is 0 Å². The van der Waals surface area contributed by atoms with E-state index in [1.807, 2.05) is 13.8 Å². The molecule has 1 rings (SSSR count). The van der Waals surface area contributed by atoms with Gasteiger partial charge in [-0.3, -0.25) is 4.79 Å². The maximum atomic E-state index is 12.3. The molecule has 16 heavy (non-hydrogen) atoms. The van der Waals surface area contributed by atoms with Crippen molar-refractivity contribution in [1.29, 1.82) is 0 Å². The summed E-state index contributed by atoms with van der Waals surface area (Å²) >= 11 is 0. The number of rotatable bonds is 1. The topological polar surface area (TPSA) is 54.5 Å². The van der Waals surface area contributed by atoms with Gasteiger partial charge in [-0.2, -0.15) is 4.31 Å². The first kappa shape index (κ1) is 13.6. The van der Waals surface area contributed by atoms with Gasteiger partial charge in [0.05, 0.1) is 4.75 Å². The summed E-state index contributed by atoms with van der Waals surface area (Å²) in [5.74, 6) is 0.144. The normalized spacial score (nSPS) is 23.4. The Morgan fingerprint density at radius 1 is 1.25 bits per heavy atom. The maximum Gasteiger partial charge on any atom is 0.219 e. The van der Waals surface area contributed by atoms with E-state index >= 15 is 0 Å². The van der Waals surface area contributed by atoms with Crippen molar-refractivity contribution >= 4 is 15.8 Å². The minimum Gasteiger partial charge on any atom is -0.300 e. The number of ketones is 1. The molecule has 0 saturated carbocycles. The predicted octanol–water partition coefficient (Wildman–Crippen LogP) is 1.56. The van der Waals surface area contributed by atoms with Crippen molar-refractivity contribution in [2.24, 2.45) is 0 Å². The van der Waals surface area contributed by atoms with Crippen molar-refractivity contribution in [2.75, 3.05) is 6.54 Å². The molecule has 0 unspecified atom stereocenters. The van der Waals surface area contributed by atoms with Crippen molar-refractivity contribution < 1.29 is 13.2 Å². The smallest absolute Gasteiger partial charge is 0.219 e. The lowest BCUT2D eigenvalue weighted by Crippen LogP contribution is -2.57. The van der Waals surface area contributed by atoms with E-state index in [4.69, 9.17) is 0 Å². The monoisotopic (exact) mass is 247 g/mol. The number of piperidine rings is 1. The highest BCUT2D eigenvalue weighted by atomic mass is 32.2. The van der Waals surface area contributed by atoms with Gasteiger partial charge >= 0.3 is 0 Å². The van der Waals surface area contributed by atoms with E-state index in [1.165, 1.54) is 4.31 Å². The van der Waals surface area contributed by atoms with E-state index in [-0.39, 0.29) is 5.78 Å². The standard InChI is InChI=1S/C11H21NO3S/c1-10(2,3)16(14,15)12-7-6-9(13)8-11(12,4)5/h6-8H2,1-5H3. The molecule has 0 atom stereocenters. The summed E-state index contributed by atoms with van der Waals surface area (Å²) in [6.45, 7) is 9.00. The van der Waals surface area contributed by atoms with Crippen molar-refractivity contribution in [1.82, 2.24) is 4.31 Å². The molecule has 1 heterocycles. The second kappa shape index (κ2) is 3.81. The highest BCUT2D eigenvalue weighted by Crippen LogP contribution is 2.33. The number of Topliss-reactive ketones (excluding diaryl/α,β-unsaturated/α-hetero) is 1. The lowest BCUT2D eigenvalue weighted by atomic mass is 9.92. The first-order valence-corrected chi connectivity index (χ1v) is 6.96. The first-order valence-electron chi connectivity index (χ1n) is 5.52. The molecule has 0 bridgehead atoms. The van der Waals surface area contributed by atoms with Crippen LogP contribution in [0.15, 0.2) is 0 Å². The van der Waals surface area contributed by atoms with E-state index in [1.54, 1.807) is 20.8 Å². The molecule has 0 aliphatic carbocycles. The van der Waals surface area contributed by atoms with E-state index in [9.17, 15) is 13.2 Å². The van der Waals surface area contributed by atoms with Crippen LogP contribution in [-0.4, -0.2) is 35.3 Å². The summed E-state index contributed by atoms with van der Waals surface area (Å²) in [7, 11) is -3.35. The molecule has 0 spiro atoms. The van der Waals surface area contributed by atoms with Crippen LogP contribution in [0.5, 0.6) is 0 Å². The SMILES string of the molecule is CC1(C)CC(=O)CCN1S(=O)(=O)C(C)(C)C. The molecule has 1 fully saturated rings. The molecule has 1 aliphatic heterocycles. The van der Waals surface area contributed by atoms with Crippen LogP contribution in [0.25, 0.3) is 0 Å². The van der Waals surface area contributed by atoms with E-state index in [0.29, 0.717) is 19.4 Å². The maximum absolute atomic E-state index is 12.3. The van der Waals surface area contributed by atoms with Gasteiger partial charge in [-0.05, 0) is 34.6 Å². The fourth-order valence-electron chi connectivity index (χ4n) is 1.96. The molecule has 1 saturated heterocycles. The van der Waals surface area contributed by atoms with Crippen LogP contribution in [0.4, 0.5) is 0 Å². The molecule has 1 aliphatic rings. The van der Waals surface area contributed by atoms with Gasteiger partial charge in [-0.1, -0.05) is 0 Å². The summed E-state index contributed by atoms with van der Waals surface area (Å²) < 4.78 is 25.4. The van der Waals surface area contributed by atoms with Crippen molar-refractivity contribution in [2.45, 2.75) is 57.7 Å². The molecule has 0 amide bonds. The number of carbonyl (C=O) groups excluding carboxylic acids is 1. The number of hydrogen-bond donors (Lipinski definition) is 0. The molecule has 0 N–H and O–H groups in total. The van der Waals surface area contributed by atoms with Gasteiger partial charge in [0.2, 0.25) is 10.0 Å². The van der Waals surface area contributed by atoms with Crippen LogP contribution in [0.1, 0.15) is 47.5 Å². The van der Waals surface area contributed by atoms with Crippen LogP contribution in [0.3, 0.4) is 0 Å². The zero-order chi connectivity index (χ0) is 12.8. The highest BCUT2D eigenvalue weighted by Gasteiger charge is 2.45. The Hall–Kier alpha value is -0.420. The molecule has 0 aromatic carbocycles. The minimum absolute atomic E-state index is 0.144. The molecular weight excluding hydrogens is 226 g/mol. The predicted molar refractivity (Wildman–Crippen MR) is 63.7 cm³/mol. The van der Waals surface area contributed by atoms with Gasteiger partial charge in [-0.25, -0.2) is 8.42 Å². The number of sulfonamides is 1. The minimum atomic E-state index is -3.35. The second-order valence-electron chi connectivity index (χ2n) is 5.97. The zero-order valence-electron chi connectivity index (χ0n) is 10.7. The largest absolute Gasteiger partial charge is 0.300 e. The molecule has 0 radical (unpaired) electrons. The van der Waals surface area contributed by atoms with Crippen molar-refractivity contribution in [3.05, 3.63) is 0 Å². The third-order valence-corrected chi connectivity index (χ3v) is 5.77. The van der Waals surface area contributed by atoms with Crippen molar-refractivity contribution in [3.8, 4) is 0 Å². The number of carbonyl (C=O) groups is 1. The van der Waals surface area contributed by atoms with Crippen LogP contribution >= 0.6 is 0 Å². The number of hydrogen-bond acceptors (Lipinski definition) is 3. The van der Waals surface area contributed by atoms with Crippen molar-refractivity contribution in [3.63, 3.8) is 0 Å². The van der Waals surface area contributed by atoms with E-state index < -0.39 is 20.3 Å². The van der Waals surface area contributed by atoms with Crippen LogP contribution < -0.4 is 0 Å². The average Bonchev–Trinajstić information content (AvgIpc) is 1.98. The Balaban J connectivity index is 3.11. The Kier molecular flexibility index (Phi) is 3.25. The first-order chi connectivity index (χ1) is 6.98. The fourth-order valence-corrected chi connectivity index (χ4v) is 3.67. The summed E-state index contributed by atoms with van der Waals surface area (Å²) in [5, 5.41) is 0.